The summed E-state index contributed by atoms with van der Waals surface area (Å²) in [7, 11) is 0. The Morgan fingerprint density at radius 1 is 1.50 bits per heavy atom. The first kappa shape index (κ1) is 9.50. The van der Waals surface area contributed by atoms with E-state index < -0.39 is 0 Å². The van der Waals surface area contributed by atoms with Gasteiger partial charge in [-0.3, -0.25) is 0 Å². The van der Waals surface area contributed by atoms with Gasteiger partial charge in [0.1, 0.15) is 6.10 Å². The van der Waals surface area contributed by atoms with E-state index >= 15 is 0 Å². The predicted molar refractivity (Wildman–Crippen MR) is 54.7 cm³/mol. The van der Waals surface area contributed by atoms with Crippen LogP contribution in [0.4, 0.5) is 0 Å². The molecule has 14 heavy (non-hydrogen) atoms. The highest BCUT2D eigenvalue weighted by atomic mass is 16.5. The minimum absolute atomic E-state index is 0.0297. The Kier molecular flexibility index (Phi) is 2.22. The third-order valence-electron chi connectivity index (χ3n) is 3.37. The second-order valence-electron chi connectivity index (χ2n) is 4.45. The summed E-state index contributed by atoms with van der Waals surface area (Å²) in [4.78, 5) is 11.4. The van der Waals surface area contributed by atoms with E-state index in [1.807, 2.05) is 0 Å². The molecule has 0 N–H and O–H groups in total. The molecule has 2 aliphatic rings. The maximum absolute atomic E-state index is 11.4. The molecule has 0 aliphatic heterocycles. The first-order valence-corrected chi connectivity index (χ1v) is 5.14. The van der Waals surface area contributed by atoms with Gasteiger partial charge in [0.2, 0.25) is 0 Å². The van der Waals surface area contributed by atoms with Crippen molar-refractivity contribution in [2.75, 3.05) is 0 Å². The zero-order chi connectivity index (χ0) is 10.3. The topological polar surface area (TPSA) is 26.3 Å². The van der Waals surface area contributed by atoms with Gasteiger partial charge in [-0.1, -0.05) is 13.2 Å². The predicted octanol–water partition coefficient (Wildman–Crippen LogP) is 2.46. The molecule has 0 spiro atoms. The molecule has 3 unspecified atom stereocenters. The Labute approximate surface area is 84.6 Å². The summed E-state index contributed by atoms with van der Waals surface area (Å²) in [6, 6.07) is 0. The fourth-order valence-corrected chi connectivity index (χ4v) is 2.55. The minimum atomic E-state index is -0.274. The molecule has 3 atom stereocenters. The van der Waals surface area contributed by atoms with Gasteiger partial charge in [-0.05, 0) is 37.7 Å². The molecule has 2 rings (SSSR count). The maximum atomic E-state index is 11.4. The molecule has 0 aromatic carbocycles. The Hall–Kier alpha value is -1.05. The van der Waals surface area contributed by atoms with Crippen LogP contribution in [0, 0.1) is 11.8 Å². The van der Waals surface area contributed by atoms with Crippen LogP contribution >= 0.6 is 0 Å². The average molecular weight is 192 g/mol. The largest absolute Gasteiger partial charge is 0.454 e. The summed E-state index contributed by atoms with van der Waals surface area (Å²) in [5, 5.41) is 0. The van der Waals surface area contributed by atoms with E-state index in [0.29, 0.717) is 17.4 Å². The van der Waals surface area contributed by atoms with Crippen LogP contribution in [0.2, 0.25) is 0 Å². The van der Waals surface area contributed by atoms with Crippen molar-refractivity contribution in [1.29, 1.82) is 0 Å². The second kappa shape index (κ2) is 3.26. The highest BCUT2D eigenvalue weighted by molar-refractivity contribution is 5.87. The highest BCUT2D eigenvalue weighted by Crippen LogP contribution is 2.48. The van der Waals surface area contributed by atoms with Crippen LogP contribution in [-0.4, -0.2) is 12.1 Å². The van der Waals surface area contributed by atoms with Crippen molar-refractivity contribution in [3.05, 3.63) is 24.3 Å². The van der Waals surface area contributed by atoms with Crippen LogP contribution in [0.1, 0.15) is 26.2 Å². The molecular weight excluding hydrogens is 176 g/mol. The third-order valence-corrected chi connectivity index (χ3v) is 3.37. The quantitative estimate of drug-likeness (QED) is 0.381. The number of carbonyl (C=O) groups excluding carboxylic acids is 1. The Morgan fingerprint density at radius 2 is 2.21 bits per heavy atom. The van der Waals surface area contributed by atoms with E-state index in [0.717, 1.165) is 12.0 Å². The number of esters is 1. The minimum Gasteiger partial charge on any atom is -0.454 e. The van der Waals surface area contributed by atoms with E-state index in [-0.39, 0.29) is 12.1 Å². The third kappa shape index (κ3) is 1.39. The number of hydrogen-bond acceptors (Lipinski definition) is 2. The van der Waals surface area contributed by atoms with E-state index in [1.54, 1.807) is 6.92 Å². The van der Waals surface area contributed by atoms with Crippen LogP contribution in [0.5, 0.6) is 0 Å². The van der Waals surface area contributed by atoms with Crippen molar-refractivity contribution in [2.45, 2.75) is 32.3 Å². The van der Waals surface area contributed by atoms with Crippen molar-refractivity contribution in [1.82, 2.24) is 0 Å². The monoisotopic (exact) mass is 192 g/mol. The van der Waals surface area contributed by atoms with Gasteiger partial charge in [0, 0.05) is 11.5 Å². The molecule has 0 saturated heterocycles. The fourth-order valence-electron chi connectivity index (χ4n) is 2.55. The number of rotatable bonds is 2. The van der Waals surface area contributed by atoms with Crippen molar-refractivity contribution < 1.29 is 9.53 Å². The van der Waals surface area contributed by atoms with Gasteiger partial charge in [0.25, 0.3) is 0 Å². The summed E-state index contributed by atoms with van der Waals surface area (Å²) < 4.78 is 5.38. The lowest BCUT2D eigenvalue weighted by Crippen LogP contribution is -2.26. The Balaban J connectivity index is 2.03. The smallest absolute Gasteiger partial charge is 0.333 e. The molecule has 2 bridgehead atoms. The van der Waals surface area contributed by atoms with Crippen LogP contribution < -0.4 is 0 Å². The SMILES string of the molecule is C=C(C)C(=O)OC1C(=C)C2CCC1C2. The van der Waals surface area contributed by atoms with E-state index in [9.17, 15) is 4.79 Å². The maximum Gasteiger partial charge on any atom is 0.333 e. The number of carbonyl (C=O) groups is 1. The highest BCUT2D eigenvalue weighted by Gasteiger charge is 2.44. The van der Waals surface area contributed by atoms with Crippen molar-refractivity contribution >= 4 is 5.97 Å². The molecule has 0 aromatic rings. The summed E-state index contributed by atoms with van der Waals surface area (Å²) in [5.74, 6) is 0.849. The Morgan fingerprint density at radius 3 is 2.71 bits per heavy atom. The molecule has 0 radical (unpaired) electrons. The lowest BCUT2D eigenvalue weighted by Gasteiger charge is -2.24. The molecule has 76 valence electrons. The summed E-state index contributed by atoms with van der Waals surface area (Å²) in [6.07, 6.45) is 3.54. The van der Waals surface area contributed by atoms with Crippen LogP contribution in [0.3, 0.4) is 0 Å². The van der Waals surface area contributed by atoms with Gasteiger partial charge >= 0.3 is 5.97 Å². The molecule has 2 fully saturated rings. The van der Waals surface area contributed by atoms with E-state index in [2.05, 4.69) is 13.2 Å². The van der Waals surface area contributed by atoms with Crippen molar-refractivity contribution in [3.8, 4) is 0 Å². The van der Waals surface area contributed by atoms with Gasteiger partial charge in [0.15, 0.2) is 0 Å². The molecule has 2 saturated carbocycles. The van der Waals surface area contributed by atoms with Crippen LogP contribution in [0.25, 0.3) is 0 Å². The molecule has 2 aliphatic carbocycles. The first-order valence-electron chi connectivity index (χ1n) is 5.14. The number of hydrogen-bond donors (Lipinski definition) is 0. The van der Waals surface area contributed by atoms with Gasteiger partial charge in [-0.2, -0.15) is 0 Å². The van der Waals surface area contributed by atoms with Crippen LogP contribution in [0.15, 0.2) is 24.3 Å². The fraction of sp³-hybridized carbons (Fsp3) is 0.583. The van der Waals surface area contributed by atoms with Gasteiger partial charge in [0.05, 0.1) is 0 Å². The standard InChI is InChI=1S/C12H16O2/c1-7(2)12(13)14-11-8(3)9-4-5-10(11)6-9/h9-11H,1,3-6H2,2H3. The molecule has 2 heteroatoms. The normalized spacial score (nSPS) is 34.6. The summed E-state index contributed by atoms with van der Waals surface area (Å²) in [5.41, 5.74) is 1.59. The van der Waals surface area contributed by atoms with E-state index in [4.69, 9.17) is 4.74 Å². The van der Waals surface area contributed by atoms with Gasteiger partial charge < -0.3 is 4.74 Å². The number of ether oxygens (including phenoxy) is 1. The van der Waals surface area contributed by atoms with Crippen LogP contribution in [-0.2, 0) is 9.53 Å². The molecule has 0 amide bonds. The van der Waals surface area contributed by atoms with Crippen molar-refractivity contribution in [2.24, 2.45) is 11.8 Å². The van der Waals surface area contributed by atoms with Gasteiger partial charge in [-0.25, -0.2) is 4.79 Å². The van der Waals surface area contributed by atoms with Crippen molar-refractivity contribution in [3.63, 3.8) is 0 Å². The Bertz CT molecular complexity index is 303. The molecular formula is C12H16O2. The summed E-state index contributed by atoms with van der Waals surface area (Å²) in [6.45, 7) is 9.28. The molecule has 2 nitrogen and oxygen atoms in total. The van der Waals surface area contributed by atoms with Gasteiger partial charge in [-0.15, -0.1) is 0 Å². The number of fused-ring (bicyclic) bond motifs is 2. The van der Waals surface area contributed by atoms with E-state index in [1.165, 1.54) is 12.8 Å². The molecule has 0 heterocycles. The second-order valence-corrected chi connectivity index (χ2v) is 4.45. The lowest BCUT2D eigenvalue weighted by atomic mass is 9.93. The first-order chi connectivity index (χ1) is 6.59. The zero-order valence-corrected chi connectivity index (χ0v) is 8.58. The lowest BCUT2D eigenvalue weighted by molar-refractivity contribution is -0.144. The molecule has 0 aromatic heterocycles. The average Bonchev–Trinajstić information content (AvgIpc) is 2.69. The zero-order valence-electron chi connectivity index (χ0n) is 8.58. The summed E-state index contributed by atoms with van der Waals surface area (Å²) >= 11 is 0.